The molecule has 0 rings (SSSR count). The quantitative estimate of drug-likeness (QED) is 0.193. The van der Waals surface area contributed by atoms with E-state index in [0.717, 1.165) is 0 Å². The fourth-order valence-electron chi connectivity index (χ4n) is 0. The minimum absolute atomic E-state index is 0. The van der Waals surface area contributed by atoms with Crippen molar-refractivity contribution in [3.05, 3.63) is 0 Å². The third kappa shape index (κ3) is 307. The monoisotopic (exact) mass is 264 g/mol. The Bertz CT molecular complexity index is 129. The first-order valence-electron chi connectivity index (χ1n) is 1.57. The van der Waals surface area contributed by atoms with Gasteiger partial charge in [-0.15, -0.1) is 0 Å². The smallest absolute Gasteiger partial charge is 0.316 e. The zero-order valence-corrected chi connectivity index (χ0v) is 6.18. The molecule has 0 amide bonds. The summed E-state index contributed by atoms with van der Waals surface area (Å²) in [6, 6.07) is 0. The number of rotatable bonds is 0. The van der Waals surface area contributed by atoms with Crippen LogP contribution in [-0.4, -0.2) is 90.2 Å². The molecule has 12 heavy (non-hydrogen) atoms. The van der Waals surface area contributed by atoms with Crippen LogP contribution in [-0.2, 0) is 9.13 Å². The Hall–Kier alpha value is 2.25. The van der Waals surface area contributed by atoms with Gasteiger partial charge in [-0.1, -0.05) is 0 Å². The Labute approximate surface area is 114 Å². The van der Waals surface area contributed by atoms with Crippen molar-refractivity contribution in [2.75, 3.05) is 0 Å². The minimum Gasteiger partial charge on any atom is 0.316 e. The molecule has 6 N–H and O–H groups in total. The zero-order valence-electron chi connectivity index (χ0n) is 4.39. The van der Waals surface area contributed by atoms with E-state index in [1.165, 1.54) is 0 Å². The van der Waals surface area contributed by atoms with Crippen LogP contribution < -0.4 is 0 Å². The fourth-order valence-corrected chi connectivity index (χ4v) is 0. The van der Waals surface area contributed by atoms with E-state index in [4.69, 9.17) is 38.5 Å². The Morgan fingerprint density at radius 3 is 0.667 bits per heavy atom. The van der Waals surface area contributed by atoms with Gasteiger partial charge >= 0.3 is 76.4 Å². The van der Waals surface area contributed by atoms with Crippen LogP contribution in [0.1, 0.15) is 0 Å². The first-order chi connectivity index (χ1) is 4.00. The summed E-state index contributed by atoms with van der Waals surface area (Å²) in [6.45, 7) is 0. The van der Waals surface area contributed by atoms with E-state index < -0.39 is 15.6 Å². The van der Waals surface area contributed by atoms with Gasteiger partial charge in [-0.25, -0.2) is 9.13 Å². The third-order valence-electron chi connectivity index (χ3n) is 0. The molecule has 0 bridgehead atoms. The molecule has 0 aliphatic heterocycles. The van der Waals surface area contributed by atoms with Gasteiger partial charge in [-0.05, 0) is 0 Å². The van der Waals surface area contributed by atoms with E-state index in [2.05, 4.69) is 0 Å². The minimum atomic E-state index is -4.64. The molecule has 0 aliphatic rings. The van der Waals surface area contributed by atoms with Crippen LogP contribution in [0.4, 0.5) is 0 Å². The Morgan fingerprint density at radius 2 is 0.667 bits per heavy atom. The molecule has 0 aromatic carbocycles. The van der Waals surface area contributed by atoms with E-state index in [-0.39, 0.29) is 60.8 Å². The van der Waals surface area contributed by atoms with Crippen LogP contribution in [0.25, 0.3) is 0 Å². The number of phosphoric acid groups is 2. The molecular formula is H10CaMgO8P2. The summed E-state index contributed by atoms with van der Waals surface area (Å²) < 4.78 is 17.8. The molecule has 0 spiro atoms. The van der Waals surface area contributed by atoms with Gasteiger partial charge in [0.15, 0.2) is 0 Å². The molecular weight excluding hydrogens is 254 g/mol. The molecule has 0 aliphatic carbocycles. The van der Waals surface area contributed by atoms with Gasteiger partial charge in [-0.2, -0.15) is 0 Å². The molecule has 8 nitrogen and oxygen atoms in total. The van der Waals surface area contributed by atoms with E-state index in [0.29, 0.717) is 0 Å². The maximum atomic E-state index is 8.88. The molecule has 0 aromatic heterocycles. The standard InChI is InChI=1S/Ca.Mg.2H3O4P.4H/c;;2*1-5(2,3)4;;;;/h;;2*(H3,1,2,3,4);;;;. The van der Waals surface area contributed by atoms with Gasteiger partial charge in [0.2, 0.25) is 0 Å². The second-order valence-electron chi connectivity index (χ2n) is 1.03. The van der Waals surface area contributed by atoms with Crippen molar-refractivity contribution in [2.45, 2.75) is 0 Å². The van der Waals surface area contributed by atoms with Gasteiger partial charge in [0, 0.05) is 0 Å². The molecule has 0 atom stereocenters. The summed E-state index contributed by atoms with van der Waals surface area (Å²) in [5, 5.41) is 0. The molecule has 0 saturated carbocycles. The van der Waals surface area contributed by atoms with Crippen molar-refractivity contribution >= 4 is 76.4 Å². The predicted octanol–water partition coefficient (Wildman–Crippen LogP) is -3.69. The molecule has 72 valence electrons. The molecule has 0 radical (unpaired) electrons. The molecule has 0 saturated heterocycles. The largest absolute Gasteiger partial charge is 0.316 e. The van der Waals surface area contributed by atoms with Crippen molar-refractivity contribution in [1.29, 1.82) is 0 Å². The van der Waals surface area contributed by atoms with Crippen LogP contribution in [0, 0.1) is 0 Å². The summed E-state index contributed by atoms with van der Waals surface area (Å²) in [4.78, 5) is 43.1. The fraction of sp³-hybridized carbons (Fsp3) is 0. The van der Waals surface area contributed by atoms with Crippen molar-refractivity contribution in [1.82, 2.24) is 0 Å². The first kappa shape index (κ1) is 23.8. The van der Waals surface area contributed by atoms with Crippen molar-refractivity contribution in [2.24, 2.45) is 0 Å². The Morgan fingerprint density at radius 1 is 0.667 bits per heavy atom. The van der Waals surface area contributed by atoms with Crippen LogP contribution in [0.5, 0.6) is 0 Å². The van der Waals surface area contributed by atoms with Crippen molar-refractivity contribution < 1.29 is 38.5 Å². The SMILES string of the molecule is O=P(O)(O)O.O=P(O)(O)O.[CaH2].[MgH2]. The summed E-state index contributed by atoms with van der Waals surface area (Å²) >= 11 is 0. The third-order valence-corrected chi connectivity index (χ3v) is 0. The number of hydrogen-bond donors (Lipinski definition) is 6. The summed E-state index contributed by atoms with van der Waals surface area (Å²) in [6.07, 6.45) is 0. The maximum Gasteiger partial charge on any atom is 0.316 e. The Balaban J connectivity index is -0.0000000457. The van der Waals surface area contributed by atoms with Crippen LogP contribution >= 0.6 is 15.6 Å². The number of hydrogen-bond acceptors (Lipinski definition) is 2. The summed E-state index contributed by atoms with van der Waals surface area (Å²) in [5.74, 6) is 0. The van der Waals surface area contributed by atoms with Gasteiger partial charge < -0.3 is 29.4 Å². The van der Waals surface area contributed by atoms with Crippen LogP contribution in [0.3, 0.4) is 0 Å². The van der Waals surface area contributed by atoms with Gasteiger partial charge in [0.1, 0.15) is 0 Å². The van der Waals surface area contributed by atoms with E-state index in [9.17, 15) is 0 Å². The van der Waals surface area contributed by atoms with Gasteiger partial charge in [0.05, 0.1) is 0 Å². The molecule has 0 unspecified atom stereocenters. The van der Waals surface area contributed by atoms with Crippen molar-refractivity contribution in [3.8, 4) is 0 Å². The molecule has 0 fully saturated rings. The summed E-state index contributed by atoms with van der Waals surface area (Å²) in [5.41, 5.74) is 0. The molecule has 12 heteroatoms. The van der Waals surface area contributed by atoms with E-state index >= 15 is 0 Å². The van der Waals surface area contributed by atoms with Gasteiger partial charge in [0.25, 0.3) is 0 Å². The van der Waals surface area contributed by atoms with E-state index in [1.807, 2.05) is 0 Å². The Kier molecular flexibility index (Phi) is 19.4. The van der Waals surface area contributed by atoms with Crippen LogP contribution in [0.15, 0.2) is 0 Å². The zero-order chi connectivity index (χ0) is 9.00. The van der Waals surface area contributed by atoms with Crippen LogP contribution in [0.2, 0.25) is 0 Å². The van der Waals surface area contributed by atoms with E-state index in [1.54, 1.807) is 0 Å². The molecule has 0 aromatic rings. The van der Waals surface area contributed by atoms with Crippen molar-refractivity contribution in [3.63, 3.8) is 0 Å². The predicted molar refractivity (Wildman–Crippen MR) is 45.6 cm³/mol. The average molecular weight is 264 g/mol. The average Bonchev–Trinajstić information content (AvgIpc) is 1.12. The second kappa shape index (κ2) is 9.79. The first-order valence-corrected chi connectivity index (χ1v) is 4.70. The maximum absolute atomic E-state index is 8.88. The normalized spacial score (nSPS) is 9.83. The second-order valence-corrected chi connectivity index (χ2v) is 3.08. The van der Waals surface area contributed by atoms with Gasteiger partial charge in [-0.3, -0.25) is 0 Å². The summed E-state index contributed by atoms with van der Waals surface area (Å²) in [7, 11) is -9.28. The topological polar surface area (TPSA) is 156 Å². The molecule has 0 heterocycles.